The van der Waals surface area contributed by atoms with Gasteiger partial charge in [-0.05, 0) is 25.5 Å². The van der Waals surface area contributed by atoms with Crippen LogP contribution in [0.5, 0.6) is 11.6 Å². The van der Waals surface area contributed by atoms with E-state index in [0.717, 1.165) is 17.3 Å². The summed E-state index contributed by atoms with van der Waals surface area (Å²) >= 11 is 6.43. The highest BCUT2D eigenvalue weighted by molar-refractivity contribution is 6.99. The molecule has 0 aliphatic carbocycles. The van der Waals surface area contributed by atoms with Crippen LogP contribution in [0.3, 0.4) is 0 Å². The molecule has 0 aliphatic heterocycles. The van der Waals surface area contributed by atoms with Crippen molar-refractivity contribution in [2.75, 3.05) is 0 Å². The lowest BCUT2D eigenvalue weighted by Crippen LogP contribution is -2.08. The molecule has 0 radical (unpaired) electrons. The van der Waals surface area contributed by atoms with E-state index in [-0.39, 0.29) is 11.0 Å². The standard InChI is InChI=1S/C10H8ClN3O2S/c1-5-3-4-12-6(2)8(5)16-10-7(15)9(11)13-17-14-10/h3-4H,1-2H3. The number of aromatic nitrogens is 3. The van der Waals surface area contributed by atoms with Crippen LogP contribution in [-0.2, 0) is 0 Å². The summed E-state index contributed by atoms with van der Waals surface area (Å²) in [6.45, 7) is 3.65. The van der Waals surface area contributed by atoms with Gasteiger partial charge in [0.2, 0.25) is 0 Å². The Kier molecular flexibility index (Phi) is 3.35. The van der Waals surface area contributed by atoms with E-state index in [9.17, 15) is 4.79 Å². The maximum absolute atomic E-state index is 11.6. The molecule has 0 amide bonds. The van der Waals surface area contributed by atoms with Crippen LogP contribution in [0.2, 0.25) is 5.15 Å². The Morgan fingerprint density at radius 2 is 2.12 bits per heavy atom. The molecule has 2 rings (SSSR count). The van der Waals surface area contributed by atoms with Crippen LogP contribution >= 0.6 is 23.3 Å². The van der Waals surface area contributed by atoms with Crippen LogP contribution in [0, 0.1) is 13.8 Å². The van der Waals surface area contributed by atoms with Gasteiger partial charge in [-0.3, -0.25) is 9.78 Å². The molecule has 17 heavy (non-hydrogen) atoms. The van der Waals surface area contributed by atoms with Crippen LogP contribution in [0.25, 0.3) is 0 Å². The minimum Gasteiger partial charge on any atom is -0.433 e. The number of aryl methyl sites for hydroxylation is 2. The normalized spacial score (nSPS) is 10.3. The van der Waals surface area contributed by atoms with Crippen LogP contribution in [0.4, 0.5) is 0 Å². The predicted octanol–water partition coefficient (Wildman–Crippen LogP) is 2.36. The van der Waals surface area contributed by atoms with Crippen molar-refractivity contribution in [3.05, 3.63) is 38.9 Å². The SMILES string of the molecule is Cc1ccnc(C)c1Oc1nsnc(Cl)c1=O. The molecule has 0 spiro atoms. The Hall–Kier alpha value is -1.53. The van der Waals surface area contributed by atoms with Gasteiger partial charge in [0.15, 0.2) is 10.9 Å². The van der Waals surface area contributed by atoms with Crippen molar-refractivity contribution in [3.8, 4) is 11.6 Å². The maximum atomic E-state index is 11.6. The first kappa shape index (κ1) is 11.9. The first-order chi connectivity index (χ1) is 8.09. The molecule has 0 aliphatic rings. The number of rotatable bonds is 2. The summed E-state index contributed by atoms with van der Waals surface area (Å²) in [6, 6.07) is 1.79. The third-order valence-corrected chi connectivity index (χ3v) is 2.97. The van der Waals surface area contributed by atoms with Gasteiger partial charge in [-0.15, -0.1) is 4.37 Å². The van der Waals surface area contributed by atoms with Crippen molar-refractivity contribution in [2.24, 2.45) is 0 Å². The number of hydrogen-bond donors (Lipinski definition) is 0. The van der Waals surface area contributed by atoms with E-state index in [0.29, 0.717) is 11.4 Å². The summed E-state index contributed by atoms with van der Waals surface area (Å²) in [7, 11) is 0. The van der Waals surface area contributed by atoms with E-state index in [1.807, 2.05) is 6.92 Å². The first-order valence-electron chi connectivity index (χ1n) is 4.72. The van der Waals surface area contributed by atoms with Crippen molar-refractivity contribution in [1.82, 2.24) is 13.7 Å². The molecule has 0 N–H and O–H groups in total. The molecule has 0 bridgehead atoms. The minimum atomic E-state index is -0.520. The van der Waals surface area contributed by atoms with Gasteiger partial charge in [0, 0.05) is 6.20 Å². The predicted molar refractivity (Wildman–Crippen MR) is 65.0 cm³/mol. The number of nitrogens with zero attached hydrogens (tertiary/aromatic N) is 3. The highest BCUT2D eigenvalue weighted by Crippen LogP contribution is 2.24. The van der Waals surface area contributed by atoms with Crippen molar-refractivity contribution in [2.45, 2.75) is 13.8 Å². The van der Waals surface area contributed by atoms with Crippen molar-refractivity contribution in [3.63, 3.8) is 0 Å². The number of ether oxygens (including phenoxy) is 1. The molecule has 0 unspecified atom stereocenters. The third kappa shape index (κ3) is 2.42. The van der Waals surface area contributed by atoms with Crippen molar-refractivity contribution >= 4 is 23.3 Å². The van der Waals surface area contributed by atoms with E-state index >= 15 is 0 Å². The van der Waals surface area contributed by atoms with Gasteiger partial charge in [-0.2, -0.15) is 4.37 Å². The first-order valence-corrected chi connectivity index (χ1v) is 5.83. The molecular weight excluding hydrogens is 262 g/mol. The van der Waals surface area contributed by atoms with Gasteiger partial charge in [0.05, 0.1) is 17.4 Å². The molecule has 2 heterocycles. The highest BCUT2D eigenvalue weighted by Gasteiger charge is 2.12. The zero-order valence-electron chi connectivity index (χ0n) is 9.10. The molecular formula is C10H8ClN3O2S. The number of halogens is 1. The summed E-state index contributed by atoms with van der Waals surface area (Å²) in [5, 5.41) is -0.140. The lowest BCUT2D eigenvalue weighted by atomic mass is 10.2. The molecule has 0 saturated heterocycles. The topological polar surface area (TPSA) is 65.0 Å². The zero-order valence-corrected chi connectivity index (χ0v) is 10.7. The molecule has 2 aromatic heterocycles. The lowest BCUT2D eigenvalue weighted by molar-refractivity contribution is 0.452. The maximum Gasteiger partial charge on any atom is 0.283 e. The largest absolute Gasteiger partial charge is 0.433 e. The van der Waals surface area contributed by atoms with E-state index in [4.69, 9.17) is 16.3 Å². The fraction of sp³-hybridized carbons (Fsp3) is 0.200. The zero-order chi connectivity index (χ0) is 12.4. The van der Waals surface area contributed by atoms with Gasteiger partial charge >= 0.3 is 0 Å². The fourth-order valence-corrected chi connectivity index (χ4v) is 1.82. The molecule has 88 valence electrons. The summed E-state index contributed by atoms with van der Waals surface area (Å²) in [5.41, 5.74) is 1.04. The highest BCUT2D eigenvalue weighted by atomic mass is 35.5. The fourth-order valence-electron chi connectivity index (χ4n) is 1.26. The molecule has 0 aromatic carbocycles. The molecule has 0 atom stereocenters. The monoisotopic (exact) mass is 269 g/mol. The van der Waals surface area contributed by atoms with E-state index in [2.05, 4.69) is 13.7 Å². The Balaban J connectivity index is 2.45. The minimum absolute atomic E-state index is 0.0748. The molecule has 7 heteroatoms. The average molecular weight is 270 g/mol. The molecule has 0 saturated carbocycles. The quantitative estimate of drug-likeness (QED) is 0.837. The molecule has 0 fully saturated rings. The number of pyridine rings is 1. The Bertz CT molecular complexity index is 594. The van der Waals surface area contributed by atoms with Gasteiger partial charge < -0.3 is 4.74 Å². The Labute approximate surface area is 106 Å². The van der Waals surface area contributed by atoms with Crippen LogP contribution in [-0.4, -0.2) is 13.7 Å². The van der Waals surface area contributed by atoms with Crippen molar-refractivity contribution < 1.29 is 4.74 Å². The van der Waals surface area contributed by atoms with E-state index in [1.165, 1.54) is 0 Å². The summed E-state index contributed by atoms with van der Waals surface area (Å²) < 4.78 is 12.9. The molecule has 5 nitrogen and oxygen atoms in total. The van der Waals surface area contributed by atoms with E-state index < -0.39 is 5.43 Å². The van der Waals surface area contributed by atoms with Crippen LogP contribution < -0.4 is 10.2 Å². The summed E-state index contributed by atoms with van der Waals surface area (Å²) in [6.07, 6.45) is 1.67. The second-order valence-corrected chi connectivity index (χ2v) is 4.22. The third-order valence-electron chi connectivity index (χ3n) is 2.10. The Morgan fingerprint density at radius 1 is 1.35 bits per heavy atom. The summed E-state index contributed by atoms with van der Waals surface area (Å²) in [4.78, 5) is 15.7. The molecule has 2 aromatic rings. The van der Waals surface area contributed by atoms with Gasteiger partial charge in [-0.1, -0.05) is 11.6 Å². The Morgan fingerprint density at radius 3 is 2.82 bits per heavy atom. The second kappa shape index (κ2) is 4.77. The van der Waals surface area contributed by atoms with Gasteiger partial charge in [0.1, 0.15) is 0 Å². The van der Waals surface area contributed by atoms with Crippen LogP contribution in [0.1, 0.15) is 11.3 Å². The van der Waals surface area contributed by atoms with Crippen molar-refractivity contribution in [1.29, 1.82) is 0 Å². The average Bonchev–Trinajstić information content (AvgIpc) is 2.29. The summed E-state index contributed by atoms with van der Waals surface area (Å²) in [5.74, 6) is 0.445. The van der Waals surface area contributed by atoms with Gasteiger partial charge in [-0.25, -0.2) is 0 Å². The smallest absolute Gasteiger partial charge is 0.283 e. The lowest BCUT2D eigenvalue weighted by Gasteiger charge is -2.08. The second-order valence-electron chi connectivity index (χ2n) is 3.33. The van der Waals surface area contributed by atoms with Crippen LogP contribution in [0.15, 0.2) is 17.1 Å². The number of hydrogen-bond acceptors (Lipinski definition) is 6. The van der Waals surface area contributed by atoms with E-state index in [1.54, 1.807) is 19.2 Å². The van der Waals surface area contributed by atoms with Gasteiger partial charge in [0.25, 0.3) is 11.3 Å².